The molecule has 11 heteroatoms. The fraction of sp³-hybridized carbons (Fsp3) is 0.233. The van der Waals surface area contributed by atoms with Crippen LogP contribution in [0.3, 0.4) is 0 Å². The Bertz CT molecular complexity index is 1470. The van der Waals surface area contributed by atoms with Crippen molar-refractivity contribution in [2.45, 2.75) is 32.0 Å². The third-order valence-corrected chi connectivity index (χ3v) is 6.65. The molecule has 5 N–H and O–H groups in total. The van der Waals surface area contributed by atoms with Gasteiger partial charge in [-0.2, -0.15) is 13.2 Å². The molecule has 214 valence electrons. The zero-order valence-corrected chi connectivity index (χ0v) is 22.0. The van der Waals surface area contributed by atoms with Crippen LogP contribution in [0.25, 0.3) is 11.3 Å². The quantitative estimate of drug-likeness (QED) is 0.299. The molecule has 2 heterocycles. The summed E-state index contributed by atoms with van der Waals surface area (Å²) in [4.78, 5) is 36.1. The number of carboxylic acid groups (broad SMARTS) is 1. The van der Waals surface area contributed by atoms with Crippen LogP contribution in [0, 0.1) is 0 Å². The van der Waals surface area contributed by atoms with Gasteiger partial charge in [-0.3, -0.25) is 14.5 Å². The maximum Gasteiger partial charge on any atom is 0.490 e. The molecule has 1 saturated heterocycles. The lowest BCUT2D eigenvalue weighted by molar-refractivity contribution is -0.192. The first kappa shape index (κ1) is 29.3. The normalized spacial score (nSPS) is 16.1. The maximum absolute atomic E-state index is 13.1. The van der Waals surface area contributed by atoms with Crippen molar-refractivity contribution in [1.82, 2.24) is 4.90 Å². The van der Waals surface area contributed by atoms with E-state index in [9.17, 15) is 22.8 Å². The Morgan fingerprint density at radius 3 is 2.24 bits per heavy atom. The molecule has 0 unspecified atom stereocenters. The van der Waals surface area contributed by atoms with E-state index in [1.807, 2.05) is 36.4 Å². The lowest BCUT2D eigenvalue weighted by atomic mass is 9.98. The van der Waals surface area contributed by atoms with Crippen LogP contribution < -0.4 is 16.4 Å². The molecular weight excluding hydrogens is 537 g/mol. The SMILES string of the molecule is NC(=O)c1ccc2c(c1)NC(=O)C2=C(Nc1cccc(CN2CCCCC2)c1)c1ccccc1.O=C(O)C(F)(F)F. The Labute approximate surface area is 234 Å². The van der Waals surface area contributed by atoms with Gasteiger partial charge in [-0.1, -0.05) is 55.0 Å². The molecule has 0 aliphatic carbocycles. The number of nitrogens with one attached hydrogen (secondary N) is 2. The van der Waals surface area contributed by atoms with Crippen molar-refractivity contribution in [3.8, 4) is 0 Å². The van der Waals surface area contributed by atoms with E-state index in [0.29, 0.717) is 16.8 Å². The van der Waals surface area contributed by atoms with Gasteiger partial charge < -0.3 is 21.5 Å². The van der Waals surface area contributed by atoms with E-state index in [-0.39, 0.29) is 5.91 Å². The van der Waals surface area contributed by atoms with Gasteiger partial charge >= 0.3 is 12.1 Å². The maximum atomic E-state index is 13.1. The fourth-order valence-electron chi connectivity index (χ4n) is 4.73. The summed E-state index contributed by atoms with van der Waals surface area (Å²) in [5.41, 5.74) is 11.5. The minimum absolute atomic E-state index is 0.215. The molecule has 5 rings (SSSR count). The molecule has 2 amide bonds. The number of alkyl halides is 3. The van der Waals surface area contributed by atoms with E-state index in [1.54, 1.807) is 18.2 Å². The van der Waals surface area contributed by atoms with Gasteiger partial charge in [0.1, 0.15) is 0 Å². The number of benzene rings is 3. The number of nitrogens with zero attached hydrogens (tertiary/aromatic N) is 1. The van der Waals surface area contributed by atoms with Crippen LogP contribution in [0.2, 0.25) is 0 Å². The molecule has 0 radical (unpaired) electrons. The number of primary amides is 1. The van der Waals surface area contributed by atoms with Gasteiger partial charge in [0.2, 0.25) is 5.91 Å². The van der Waals surface area contributed by atoms with Gasteiger partial charge in [0.05, 0.1) is 11.3 Å². The second-order valence-electron chi connectivity index (χ2n) is 9.66. The van der Waals surface area contributed by atoms with E-state index in [4.69, 9.17) is 15.6 Å². The average Bonchev–Trinajstić information content (AvgIpc) is 3.27. The van der Waals surface area contributed by atoms with Crippen LogP contribution >= 0.6 is 0 Å². The number of aliphatic carboxylic acids is 1. The number of likely N-dealkylation sites (tertiary alicyclic amines) is 1. The summed E-state index contributed by atoms with van der Waals surface area (Å²) in [6, 6.07) is 23.3. The second kappa shape index (κ2) is 12.7. The molecule has 2 aliphatic heterocycles. The van der Waals surface area contributed by atoms with Gasteiger partial charge in [-0.25, -0.2) is 4.79 Å². The van der Waals surface area contributed by atoms with E-state index >= 15 is 0 Å². The van der Waals surface area contributed by atoms with Crippen LogP contribution in [0.5, 0.6) is 0 Å². The Morgan fingerprint density at radius 2 is 1.61 bits per heavy atom. The highest BCUT2D eigenvalue weighted by atomic mass is 19.4. The molecule has 3 aromatic rings. The summed E-state index contributed by atoms with van der Waals surface area (Å²) in [7, 11) is 0. The number of nitrogens with two attached hydrogens (primary N) is 1. The number of carboxylic acids is 1. The zero-order valence-electron chi connectivity index (χ0n) is 22.0. The number of rotatable bonds is 6. The van der Waals surface area contributed by atoms with Gasteiger partial charge in [-0.05, 0) is 61.3 Å². The zero-order chi connectivity index (χ0) is 29.6. The lowest BCUT2D eigenvalue weighted by Gasteiger charge is -2.26. The molecule has 8 nitrogen and oxygen atoms in total. The van der Waals surface area contributed by atoms with Crippen LogP contribution in [0.15, 0.2) is 72.8 Å². The molecule has 0 atom stereocenters. The number of piperidine rings is 1. The van der Waals surface area contributed by atoms with E-state index < -0.39 is 18.1 Å². The minimum Gasteiger partial charge on any atom is -0.475 e. The van der Waals surface area contributed by atoms with Crippen molar-refractivity contribution in [3.63, 3.8) is 0 Å². The predicted octanol–water partition coefficient (Wildman–Crippen LogP) is 5.34. The van der Waals surface area contributed by atoms with E-state index in [1.165, 1.54) is 24.8 Å². The number of amides is 2. The van der Waals surface area contributed by atoms with Gasteiger partial charge in [0.25, 0.3) is 5.91 Å². The van der Waals surface area contributed by atoms with Gasteiger partial charge in [-0.15, -0.1) is 0 Å². The molecule has 3 aromatic carbocycles. The van der Waals surface area contributed by atoms with Crippen molar-refractivity contribution in [2.24, 2.45) is 5.73 Å². The standard InChI is InChI=1S/C28H28N4O2.C2HF3O2/c29-27(33)21-12-13-23-24(17-21)31-28(34)25(23)26(20-9-3-1-4-10-20)30-22-11-7-8-19(16-22)18-32-14-5-2-6-15-32;3-2(4,5)1(6)7/h1,3-4,7-13,16-17,30H,2,5-6,14-15,18H2,(H2,29,33)(H,31,34);(H,6,7). The third kappa shape index (κ3) is 7.52. The molecule has 41 heavy (non-hydrogen) atoms. The lowest BCUT2D eigenvalue weighted by Crippen LogP contribution is -2.29. The van der Waals surface area contributed by atoms with Crippen LogP contribution in [0.4, 0.5) is 24.5 Å². The van der Waals surface area contributed by atoms with Crippen LogP contribution in [-0.4, -0.2) is 47.1 Å². The monoisotopic (exact) mass is 566 g/mol. The summed E-state index contributed by atoms with van der Waals surface area (Å²) >= 11 is 0. The summed E-state index contributed by atoms with van der Waals surface area (Å²) in [5, 5.41) is 13.6. The highest BCUT2D eigenvalue weighted by Gasteiger charge is 2.38. The van der Waals surface area contributed by atoms with Crippen molar-refractivity contribution in [3.05, 3.63) is 95.1 Å². The molecule has 1 fully saturated rings. The number of hydrogen-bond donors (Lipinski definition) is 4. The van der Waals surface area contributed by atoms with Crippen molar-refractivity contribution in [2.75, 3.05) is 23.7 Å². The largest absolute Gasteiger partial charge is 0.490 e. The first-order valence-electron chi connectivity index (χ1n) is 13.0. The Kier molecular flexibility index (Phi) is 9.08. The van der Waals surface area contributed by atoms with Gasteiger partial charge in [0.15, 0.2) is 0 Å². The number of carbonyl (C=O) groups is 3. The van der Waals surface area contributed by atoms with Gasteiger partial charge in [0, 0.05) is 29.0 Å². The summed E-state index contributed by atoms with van der Waals surface area (Å²) in [6.07, 6.45) is -1.25. The van der Waals surface area contributed by atoms with Crippen LogP contribution in [-0.2, 0) is 16.1 Å². The third-order valence-electron chi connectivity index (χ3n) is 6.65. The Morgan fingerprint density at radius 1 is 0.927 bits per heavy atom. The minimum atomic E-state index is -5.08. The highest BCUT2D eigenvalue weighted by molar-refractivity contribution is 6.37. The summed E-state index contributed by atoms with van der Waals surface area (Å²) in [5.74, 6) is -3.50. The summed E-state index contributed by atoms with van der Waals surface area (Å²) < 4.78 is 31.7. The second-order valence-corrected chi connectivity index (χ2v) is 9.66. The van der Waals surface area contributed by atoms with Crippen molar-refractivity contribution in [1.29, 1.82) is 0 Å². The molecule has 0 bridgehead atoms. The molecule has 0 aromatic heterocycles. The Balaban J connectivity index is 0.000000493. The average molecular weight is 567 g/mol. The Hall–Kier alpha value is -4.64. The van der Waals surface area contributed by atoms with Crippen molar-refractivity contribution < 1.29 is 32.7 Å². The summed E-state index contributed by atoms with van der Waals surface area (Å²) in [6.45, 7) is 3.20. The molecule has 0 saturated carbocycles. The fourth-order valence-corrected chi connectivity index (χ4v) is 4.73. The number of hydrogen-bond acceptors (Lipinski definition) is 5. The topological polar surface area (TPSA) is 125 Å². The first-order chi connectivity index (χ1) is 19.5. The van der Waals surface area contributed by atoms with E-state index in [0.717, 1.165) is 42.1 Å². The molecule has 0 spiro atoms. The highest BCUT2D eigenvalue weighted by Crippen LogP contribution is 2.38. The molecular formula is C30H29F3N4O4. The number of anilines is 2. The molecule has 2 aliphatic rings. The number of fused-ring (bicyclic) bond motifs is 1. The number of halogens is 3. The van der Waals surface area contributed by atoms with Crippen LogP contribution in [0.1, 0.15) is 46.3 Å². The number of carbonyl (C=O) groups excluding carboxylic acids is 2. The van der Waals surface area contributed by atoms with Crippen molar-refractivity contribution >= 4 is 40.4 Å². The smallest absolute Gasteiger partial charge is 0.475 e. The first-order valence-corrected chi connectivity index (χ1v) is 13.0. The predicted molar refractivity (Wildman–Crippen MR) is 150 cm³/mol. The van der Waals surface area contributed by atoms with E-state index in [2.05, 4.69) is 33.7 Å².